The minimum Gasteiger partial charge on any atom is -0.486 e. The van der Waals surface area contributed by atoms with Crippen LogP contribution in [-0.2, 0) is 13.2 Å². The summed E-state index contributed by atoms with van der Waals surface area (Å²) < 4.78 is 5.76. The predicted octanol–water partition coefficient (Wildman–Crippen LogP) is 3.92. The molecule has 0 aliphatic heterocycles. The first-order chi connectivity index (χ1) is 9.67. The van der Waals surface area contributed by atoms with Crippen molar-refractivity contribution < 1.29 is 4.74 Å². The zero-order valence-corrected chi connectivity index (χ0v) is 13.2. The maximum Gasteiger partial charge on any atom is 0.140 e. The number of aryl methyl sites for hydroxylation is 1. The summed E-state index contributed by atoms with van der Waals surface area (Å²) in [5.74, 6) is 0.902. The van der Waals surface area contributed by atoms with Crippen LogP contribution in [0.2, 0.25) is 0 Å². The van der Waals surface area contributed by atoms with Crippen LogP contribution in [0, 0.1) is 6.92 Å². The molecule has 0 spiro atoms. The van der Waals surface area contributed by atoms with Gasteiger partial charge in [-0.15, -0.1) is 11.3 Å². The molecule has 0 aliphatic rings. The summed E-state index contributed by atoms with van der Waals surface area (Å²) in [5, 5.41) is 4.49. The average Bonchev–Trinajstić information content (AvgIpc) is 2.90. The molecule has 20 heavy (non-hydrogen) atoms. The Labute approximate surface area is 125 Å². The second-order valence-corrected chi connectivity index (χ2v) is 6.22. The number of rotatable bonds is 7. The van der Waals surface area contributed by atoms with Crippen LogP contribution in [-0.4, -0.2) is 11.0 Å². The summed E-state index contributed by atoms with van der Waals surface area (Å²) in [6.45, 7) is 7.87. The van der Waals surface area contributed by atoms with Crippen LogP contribution in [0.15, 0.2) is 30.5 Å². The van der Waals surface area contributed by atoms with E-state index in [0.717, 1.165) is 23.7 Å². The Balaban J connectivity index is 1.83. The highest BCUT2D eigenvalue weighted by molar-refractivity contribution is 7.11. The van der Waals surface area contributed by atoms with E-state index >= 15 is 0 Å². The fourth-order valence-corrected chi connectivity index (χ4v) is 2.55. The first kappa shape index (κ1) is 15.0. The van der Waals surface area contributed by atoms with E-state index < -0.39 is 0 Å². The maximum atomic E-state index is 5.76. The predicted molar refractivity (Wildman–Crippen MR) is 84.2 cm³/mol. The molecule has 0 radical (unpaired) electrons. The first-order valence-corrected chi connectivity index (χ1v) is 7.85. The molecule has 1 aromatic heterocycles. The molecule has 0 bridgehead atoms. The quantitative estimate of drug-likeness (QED) is 0.839. The van der Waals surface area contributed by atoms with E-state index in [9.17, 15) is 0 Å². The zero-order chi connectivity index (χ0) is 14.4. The first-order valence-electron chi connectivity index (χ1n) is 7.03. The Morgan fingerprint density at radius 3 is 3.00 bits per heavy atom. The summed E-state index contributed by atoms with van der Waals surface area (Å²) in [6, 6.07) is 8.64. The minimum atomic E-state index is 0.539. The van der Waals surface area contributed by atoms with Gasteiger partial charge >= 0.3 is 0 Å². The van der Waals surface area contributed by atoms with E-state index in [1.807, 2.05) is 24.4 Å². The molecule has 0 saturated carbocycles. The fraction of sp³-hybridized carbons (Fsp3) is 0.438. The fourth-order valence-electron chi connectivity index (χ4n) is 1.77. The second-order valence-electron chi connectivity index (χ2n) is 5.02. The Hall–Kier alpha value is -1.39. The standard InChI is InChI=1S/C16H22N2OS/c1-4-13(3)17-9-15-10-18-16(20-15)11-19-14-7-5-6-12(2)8-14/h5-8,10,13,17H,4,9,11H2,1-3H3. The van der Waals surface area contributed by atoms with E-state index in [1.54, 1.807) is 11.3 Å². The van der Waals surface area contributed by atoms with Crippen molar-refractivity contribution >= 4 is 11.3 Å². The third-order valence-corrected chi connectivity index (χ3v) is 4.16. The lowest BCUT2D eigenvalue weighted by atomic mass is 10.2. The number of aromatic nitrogens is 1. The lowest BCUT2D eigenvalue weighted by Gasteiger charge is -2.08. The largest absolute Gasteiger partial charge is 0.486 e. The molecule has 0 amide bonds. The van der Waals surface area contributed by atoms with Crippen LogP contribution in [0.5, 0.6) is 5.75 Å². The monoisotopic (exact) mass is 290 g/mol. The lowest BCUT2D eigenvalue weighted by molar-refractivity contribution is 0.305. The summed E-state index contributed by atoms with van der Waals surface area (Å²) in [7, 11) is 0. The van der Waals surface area contributed by atoms with Crippen molar-refractivity contribution in [3.63, 3.8) is 0 Å². The van der Waals surface area contributed by atoms with Gasteiger partial charge in [-0.3, -0.25) is 0 Å². The minimum absolute atomic E-state index is 0.539. The summed E-state index contributed by atoms with van der Waals surface area (Å²) in [6.07, 6.45) is 3.08. The Bertz CT molecular complexity index is 539. The third kappa shape index (κ3) is 4.62. The van der Waals surface area contributed by atoms with Gasteiger partial charge in [0.15, 0.2) is 0 Å². The van der Waals surface area contributed by atoms with Crippen LogP contribution in [0.1, 0.15) is 35.7 Å². The van der Waals surface area contributed by atoms with Gasteiger partial charge in [-0.1, -0.05) is 19.1 Å². The highest BCUT2D eigenvalue weighted by atomic mass is 32.1. The average molecular weight is 290 g/mol. The Kier molecular flexibility index (Phi) is 5.56. The molecule has 1 unspecified atom stereocenters. The number of nitrogens with zero attached hydrogens (tertiary/aromatic N) is 1. The lowest BCUT2D eigenvalue weighted by Crippen LogP contribution is -2.23. The molecule has 2 aromatic rings. The molecule has 0 saturated heterocycles. The van der Waals surface area contributed by atoms with Gasteiger partial charge in [-0.05, 0) is 38.0 Å². The zero-order valence-electron chi connectivity index (χ0n) is 12.3. The van der Waals surface area contributed by atoms with Crippen molar-refractivity contribution in [1.82, 2.24) is 10.3 Å². The summed E-state index contributed by atoms with van der Waals surface area (Å²) in [5.41, 5.74) is 1.21. The van der Waals surface area contributed by atoms with Gasteiger partial charge in [0.05, 0.1) is 0 Å². The molecule has 2 rings (SSSR count). The number of nitrogens with one attached hydrogen (secondary N) is 1. The number of hydrogen-bond acceptors (Lipinski definition) is 4. The van der Waals surface area contributed by atoms with E-state index in [-0.39, 0.29) is 0 Å². The molecule has 3 nitrogen and oxygen atoms in total. The Morgan fingerprint density at radius 2 is 2.25 bits per heavy atom. The van der Waals surface area contributed by atoms with E-state index in [1.165, 1.54) is 10.4 Å². The normalized spacial score (nSPS) is 12.3. The smallest absolute Gasteiger partial charge is 0.140 e. The number of benzene rings is 1. The molecular weight excluding hydrogens is 268 g/mol. The number of hydrogen-bond donors (Lipinski definition) is 1. The molecule has 0 fully saturated rings. The Morgan fingerprint density at radius 1 is 1.40 bits per heavy atom. The molecular formula is C16H22N2OS. The van der Waals surface area contributed by atoms with Crippen molar-refractivity contribution in [1.29, 1.82) is 0 Å². The van der Waals surface area contributed by atoms with Gasteiger partial charge in [0.25, 0.3) is 0 Å². The highest BCUT2D eigenvalue weighted by Gasteiger charge is 2.04. The van der Waals surface area contributed by atoms with Crippen LogP contribution < -0.4 is 10.1 Å². The summed E-state index contributed by atoms with van der Waals surface area (Å²) >= 11 is 1.71. The van der Waals surface area contributed by atoms with Crippen LogP contribution in [0.25, 0.3) is 0 Å². The van der Waals surface area contributed by atoms with Gasteiger partial charge < -0.3 is 10.1 Å². The topological polar surface area (TPSA) is 34.2 Å². The molecule has 1 aromatic carbocycles. The van der Waals surface area contributed by atoms with Crippen molar-refractivity contribution in [2.24, 2.45) is 0 Å². The number of thiazole rings is 1. The molecule has 1 N–H and O–H groups in total. The molecule has 1 atom stereocenters. The van der Waals surface area contributed by atoms with Crippen molar-refractivity contribution in [2.75, 3.05) is 0 Å². The van der Waals surface area contributed by atoms with Crippen LogP contribution in [0.3, 0.4) is 0 Å². The third-order valence-electron chi connectivity index (χ3n) is 3.19. The van der Waals surface area contributed by atoms with E-state index in [4.69, 9.17) is 4.74 Å². The van der Waals surface area contributed by atoms with Crippen molar-refractivity contribution in [3.05, 3.63) is 45.9 Å². The molecule has 108 valence electrons. The van der Waals surface area contributed by atoms with Crippen molar-refractivity contribution in [3.8, 4) is 5.75 Å². The van der Waals surface area contributed by atoms with Gasteiger partial charge in [0.2, 0.25) is 0 Å². The van der Waals surface area contributed by atoms with E-state index in [0.29, 0.717) is 12.6 Å². The van der Waals surface area contributed by atoms with E-state index in [2.05, 4.69) is 37.1 Å². The van der Waals surface area contributed by atoms with Crippen molar-refractivity contribution in [2.45, 2.75) is 46.4 Å². The number of ether oxygens (including phenoxy) is 1. The highest BCUT2D eigenvalue weighted by Crippen LogP contribution is 2.17. The van der Waals surface area contributed by atoms with Crippen LogP contribution in [0.4, 0.5) is 0 Å². The van der Waals surface area contributed by atoms with Gasteiger partial charge in [-0.25, -0.2) is 4.98 Å². The molecule has 0 aliphatic carbocycles. The second kappa shape index (κ2) is 7.41. The van der Waals surface area contributed by atoms with Crippen LogP contribution >= 0.6 is 11.3 Å². The van der Waals surface area contributed by atoms with Gasteiger partial charge in [0.1, 0.15) is 17.4 Å². The molecule has 4 heteroatoms. The summed E-state index contributed by atoms with van der Waals surface area (Å²) in [4.78, 5) is 5.67. The molecule has 1 heterocycles. The van der Waals surface area contributed by atoms with Gasteiger partial charge in [-0.2, -0.15) is 0 Å². The van der Waals surface area contributed by atoms with Gasteiger partial charge in [0, 0.05) is 23.7 Å². The maximum absolute atomic E-state index is 5.76. The SMILES string of the molecule is CCC(C)NCc1cnc(COc2cccc(C)c2)s1.